The van der Waals surface area contributed by atoms with Gasteiger partial charge in [-0.25, -0.2) is 9.97 Å². The van der Waals surface area contributed by atoms with Gasteiger partial charge in [0.05, 0.1) is 5.69 Å². The first-order valence-corrected chi connectivity index (χ1v) is 9.76. The van der Waals surface area contributed by atoms with Crippen LogP contribution in [-0.2, 0) is 6.42 Å². The van der Waals surface area contributed by atoms with Crippen molar-refractivity contribution in [3.63, 3.8) is 0 Å². The van der Waals surface area contributed by atoms with Gasteiger partial charge < -0.3 is 5.32 Å². The monoisotopic (exact) mass is 335 g/mol. The molecule has 0 aliphatic heterocycles. The number of nitrogens with zero attached hydrogens (tertiary/aromatic N) is 2. The van der Waals surface area contributed by atoms with Crippen molar-refractivity contribution in [1.29, 1.82) is 0 Å². The summed E-state index contributed by atoms with van der Waals surface area (Å²) in [5, 5.41) is 4.28. The van der Waals surface area contributed by atoms with Crippen LogP contribution >= 0.6 is 11.6 Å². The molecule has 3 rings (SSSR count). The summed E-state index contributed by atoms with van der Waals surface area (Å²) in [7, 11) is 0. The Hall–Kier alpha value is -0.830. The van der Waals surface area contributed by atoms with Gasteiger partial charge in [-0.1, -0.05) is 44.7 Å². The minimum absolute atomic E-state index is 0.510. The number of halogens is 1. The predicted molar refractivity (Wildman–Crippen MR) is 97.0 cm³/mol. The van der Waals surface area contributed by atoms with E-state index in [1.165, 1.54) is 57.8 Å². The molecule has 0 aromatic carbocycles. The highest BCUT2D eigenvalue weighted by Crippen LogP contribution is 2.48. The van der Waals surface area contributed by atoms with Crippen LogP contribution in [0.1, 0.15) is 77.3 Å². The van der Waals surface area contributed by atoms with Gasteiger partial charge in [0.1, 0.15) is 17.2 Å². The maximum Gasteiger partial charge on any atom is 0.148 e. The predicted octanol–water partition coefficient (Wildman–Crippen LogP) is 5.63. The third-order valence-electron chi connectivity index (χ3n) is 6.25. The van der Waals surface area contributed by atoms with E-state index >= 15 is 0 Å². The van der Waals surface area contributed by atoms with E-state index in [1.807, 2.05) is 0 Å². The average molecular weight is 336 g/mol. The first-order valence-electron chi connectivity index (χ1n) is 9.38. The van der Waals surface area contributed by atoms with Crippen molar-refractivity contribution in [3.8, 4) is 0 Å². The number of rotatable bonds is 4. The highest BCUT2D eigenvalue weighted by molar-refractivity contribution is 6.33. The summed E-state index contributed by atoms with van der Waals surface area (Å²) in [5.41, 5.74) is 1.54. The first kappa shape index (κ1) is 17.0. The molecule has 2 aliphatic carbocycles. The Morgan fingerprint density at radius 3 is 2.48 bits per heavy atom. The Balaban J connectivity index is 1.57. The lowest BCUT2D eigenvalue weighted by atomic mass is 9.62. The van der Waals surface area contributed by atoms with E-state index in [2.05, 4.69) is 29.1 Å². The average Bonchev–Trinajstić information content (AvgIpc) is 2.58. The molecule has 1 heterocycles. The van der Waals surface area contributed by atoms with E-state index in [0.29, 0.717) is 16.5 Å². The van der Waals surface area contributed by atoms with Gasteiger partial charge in [0.15, 0.2) is 0 Å². The van der Waals surface area contributed by atoms with Gasteiger partial charge in [-0.15, -0.1) is 0 Å². The zero-order valence-corrected chi connectivity index (χ0v) is 15.3. The summed E-state index contributed by atoms with van der Waals surface area (Å²) in [5.74, 6) is 1.73. The smallest absolute Gasteiger partial charge is 0.148 e. The summed E-state index contributed by atoms with van der Waals surface area (Å²) in [6, 6.07) is 0.510. The van der Waals surface area contributed by atoms with E-state index in [1.54, 1.807) is 6.33 Å². The molecule has 128 valence electrons. The molecule has 0 unspecified atom stereocenters. The van der Waals surface area contributed by atoms with Crippen LogP contribution < -0.4 is 5.32 Å². The van der Waals surface area contributed by atoms with Gasteiger partial charge in [-0.3, -0.25) is 0 Å². The van der Waals surface area contributed by atoms with Crippen molar-refractivity contribution < 1.29 is 0 Å². The number of hydrogen-bond donors (Lipinski definition) is 1. The lowest BCUT2D eigenvalue weighted by Crippen LogP contribution is -2.36. The van der Waals surface area contributed by atoms with Crippen LogP contribution in [-0.4, -0.2) is 16.0 Å². The van der Waals surface area contributed by atoms with Gasteiger partial charge in [0.25, 0.3) is 0 Å². The molecule has 0 bridgehead atoms. The minimum Gasteiger partial charge on any atom is -0.366 e. The number of nitrogens with one attached hydrogen (secondary N) is 1. The number of anilines is 1. The Labute approximate surface area is 145 Å². The molecule has 4 heteroatoms. The first-order chi connectivity index (χ1) is 11.1. The summed E-state index contributed by atoms with van der Waals surface area (Å²) >= 11 is 6.41. The van der Waals surface area contributed by atoms with Crippen molar-refractivity contribution in [3.05, 3.63) is 17.0 Å². The van der Waals surface area contributed by atoms with Crippen LogP contribution in [0.2, 0.25) is 5.02 Å². The molecule has 0 spiro atoms. The molecule has 2 saturated carbocycles. The van der Waals surface area contributed by atoms with Crippen LogP contribution in [0.25, 0.3) is 0 Å². The fraction of sp³-hybridized carbons (Fsp3) is 0.789. The minimum atomic E-state index is 0.510. The number of hydrogen-bond acceptors (Lipinski definition) is 3. The van der Waals surface area contributed by atoms with Crippen LogP contribution in [0.5, 0.6) is 0 Å². The lowest BCUT2D eigenvalue weighted by molar-refractivity contribution is 0.0848. The fourth-order valence-corrected chi connectivity index (χ4v) is 4.93. The molecule has 1 aromatic rings. The van der Waals surface area contributed by atoms with Crippen molar-refractivity contribution in [2.45, 2.75) is 84.1 Å². The normalized spacial score (nSPS) is 27.6. The summed E-state index contributed by atoms with van der Waals surface area (Å²) < 4.78 is 0. The molecule has 0 atom stereocenters. The van der Waals surface area contributed by atoms with E-state index in [4.69, 9.17) is 11.6 Å². The molecule has 0 radical (unpaired) electrons. The topological polar surface area (TPSA) is 37.8 Å². The van der Waals surface area contributed by atoms with Crippen LogP contribution in [0.3, 0.4) is 0 Å². The highest BCUT2D eigenvalue weighted by atomic mass is 35.5. The third kappa shape index (κ3) is 3.81. The molecule has 1 N–H and O–H groups in total. The molecular weight excluding hydrogens is 306 g/mol. The SMILES string of the molecule is CCc1ncnc(NC2CCC(C3(C)CCCCC3)CC2)c1Cl. The van der Waals surface area contributed by atoms with Crippen molar-refractivity contribution in [2.75, 3.05) is 5.32 Å². The number of aromatic nitrogens is 2. The molecule has 3 nitrogen and oxygen atoms in total. The third-order valence-corrected chi connectivity index (χ3v) is 6.64. The molecular formula is C19H30ClN3. The second-order valence-corrected chi connectivity index (χ2v) is 8.12. The summed E-state index contributed by atoms with van der Waals surface area (Å²) in [6.07, 6.45) is 14.8. The molecule has 0 saturated heterocycles. The maximum atomic E-state index is 6.41. The Morgan fingerprint density at radius 2 is 1.83 bits per heavy atom. The van der Waals surface area contributed by atoms with Gasteiger partial charge in [-0.05, 0) is 56.3 Å². The van der Waals surface area contributed by atoms with Gasteiger partial charge >= 0.3 is 0 Å². The Kier molecular flexibility index (Phi) is 5.45. The second kappa shape index (κ2) is 7.38. The standard InChI is InChI=1S/C19H30ClN3/c1-3-16-17(20)18(22-13-21-16)23-15-9-7-14(8-10-15)19(2)11-5-4-6-12-19/h13-15H,3-12H2,1-2H3,(H,21,22,23). The summed E-state index contributed by atoms with van der Waals surface area (Å²) in [6.45, 7) is 4.62. The van der Waals surface area contributed by atoms with Crippen molar-refractivity contribution in [1.82, 2.24) is 9.97 Å². The molecule has 23 heavy (non-hydrogen) atoms. The van der Waals surface area contributed by atoms with Gasteiger partial charge in [-0.2, -0.15) is 0 Å². The quantitative estimate of drug-likeness (QED) is 0.774. The highest BCUT2D eigenvalue weighted by Gasteiger charge is 2.37. The molecule has 0 amide bonds. The zero-order chi connectivity index (χ0) is 16.3. The lowest BCUT2D eigenvalue weighted by Gasteiger charge is -2.44. The van der Waals surface area contributed by atoms with Crippen molar-refractivity contribution >= 4 is 17.4 Å². The van der Waals surface area contributed by atoms with Crippen LogP contribution in [0.4, 0.5) is 5.82 Å². The summed E-state index contributed by atoms with van der Waals surface area (Å²) in [4.78, 5) is 8.60. The molecule has 1 aromatic heterocycles. The zero-order valence-electron chi connectivity index (χ0n) is 14.6. The van der Waals surface area contributed by atoms with E-state index in [9.17, 15) is 0 Å². The van der Waals surface area contributed by atoms with Crippen molar-refractivity contribution in [2.24, 2.45) is 11.3 Å². The molecule has 2 aliphatic rings. The largest absolute Gasteiger partial charge is 0.366 e. The van der Waals surface area contributed by atoms with Gasteiger partial charge in [0.2, 0.25) is 0 Å². The Bertz CT molecular complexity index is 517. The van der Waals surface area contributed by atoms with Crippen LogP contribution in [0.15, 0.2) is 6.33 Å². The maximum absolute atomic E-state index is 6.41. The van der Waals surface area contributed by atoms with Crippen LogP contribution in [0, 0.1) is 11.3 Å². The fourth-order valence-electron chi connectivity index (χ4n) is 4.65. The number of aryl methyl sites for hydroxylation is 1. The van der Waals surface area contributed by atoms with E-state index < -0.39 is 0 Å². The Morgan fingerprint density at radius 1 is 1.13 bits per heavy atom. The second-order valence-electron chi connectivity index (χ2n) is 7.74. The van der Waals surface area contributed by atoms with Gasteiger partial charge in [0, 0.05) is 6.04 Å². The van der Waals surface area contributed by atoms with E-state index in [-0.39, 0.29) is 0 Å². The van der Waals surface area contributed by atoms with E-state index in [0.717, 1.165) is 23.9 Å². The molecule has 2 fully saturated rings.